The van der Waals surface area contributed by atoms with Crippen molar-refractivity contribution in [2.75, 3.05) is 13.1 Å². The fraction of sp³-hybridized carbons (Fsp3) is 0.318. The predicted molar refractivity (Wildman–Crippen MR) is 110 cm³/mol. The number of sulfonamides is 1. The lowest BCUT2D eigenvalue weighted by atomic mass is 9.99. The number of hydrogen-bond donors (Lipinski definition) is 0. The maximum atomic E-state index is 13.0. The fourth-order valence-electron chi connectivity index (χ4n) is 3.90. The van der Waals surface area contributed by atoms with Crippen molar-refractivity contribution in [2.45, 2.75) is 31.2 Å². The standard InChI is InChI=1S/C22H25N3O2S/c1-18-15-23-22(20-10-4-2-5-11-20)25(18)17-19-9-8-14-24(16-19)28(26,27)21-12-6-3-7-13-21/h2-7,10-13,15,19H,8-9,14,16-17H2,1H3. The van der Waals surface area contributed by atoms with Gasteiger partial charge in [0.1, 0.15) is 5.82 Å². The predicted octanol–water partition coefficient (Wildman–Crippen LogP) is 3.96. The molecule has 0 aliphatic carbocycles. The van der Waals surface area contributed by atoms with Crippen molar-refractivity contribution in [3.05, 3.63) is 72.6 Å². The minimum atomic E-state index is -3.44. The van der Waals surface area contributed by atoms with Gasteiger partial charge in [-0.3, -0.25) is 0 Å². The third-order valence-corrected chi connectivity index (χ3v) is 7.27. The summed E-state index contributed by atoms with van der Waals surface area (Å²) in [6.45, 7) is 3.96. The molecular formula is C22H25N3O2S. The molecule has 0 spiro atoms. The Morgan fingerprint density at radius 2 is 1.71 bits per heavy atom. The summed E-state index contributed by atoms with van der Waals surface area (Å²) in [6, 6.07) is 18.9. The molecule has 1 aliphatic rings. The monoisotopic (exact) mass is 395 g/mol. The Morgan fingerprint density at radius 3 is 2.43 bits per heavy atom. The first-order valence-corrected chi connectivity index (χ1v) is 11.1. The molecule has 1 aliphatic heterocycles. The van der Waals surface area contributed by atoms with Gasteiger partial charge in [-0.15, -0.1) is 0 Å². The largest absolute Gasteiger partial charge is 0.328 e. The van der Waals surface area contributed by atoms with Crippen LogP contribution in [-0.4, -0.2) is 35.4 Å². The van der Waals surface area contributed by atoms with E-state index in [9.17, 15) is 8.42 Å². The molecule has 0 radical (unpaired) electrons. The van der Waals surface area contributed by atoms with Gasteiger partial charge >= 0.3 is 0 Å². The van der Waals surface area contributed by atoms with E-state index in [-0.39, 0.29) is 5.92 Å². The smallest absolute Gasteiger partial charge is 0.243 e. The van der Waals surface area contributed by atoms with Gasteiger partial charge in [0.25, 0.3) is 0 Å². The van der Waals surface area contributed by atoms with Gasteiger partial charge in [0, 0.05) is 37.1 Å². The van der Waals surface area contributed by atoms with Crippen molar-refractivity contribution in [3.8, 4) is 11.4 Å². The van der Waals surface area contributed by atoms with Crippen LogP contribution in [0.1, 0.15) is 18.5 Å². The van der Waals surface area contributed by atoms with Gasteiger partial charge in [0.05, 0.1) is 4.90 Å². The number of aryl methyl sites for hydroxylation is 1. The minimum absolute atomic E-state index is 0.266. The molecule has 0 bridgehead atoms. The maximum absolute atomic E-state index is 13.0. The molecular weight excluding hydrogens is 370 g/mol. The molecule has 1 aromatic heterocycles. The molecule has 4 rings (SSSR count). The second kappa shape index (κ2) is 7.89. The van der Waals surface area contributed by atoms with Crippen LogP contribution in [0.2, 0.25) is 0 Å². The summed E-state index contributed by atoms with van der Waals surface area (Å²) in [4.78, 5) is 4.97. The highest BCUT2D eigenvalue weighted by Gasteiger charge is 2.30. The molecule has 0 amide bonds. The molecule has 1 unspecified atom stereocenters. The van der Waals surface area contributed by atoms with E-state index in [1.54, 1.807) is 28.6 Å². The van der Waals surface area contributed by atoms with Crippen LogP contribution in [0.25, 0.3) is 11.4 Å². The SMILES string of the molecule is Cc1cnc(-c2ccccc2)n1CC1CCCN(S(=O)(=O)c2ccccc2)C1. The molecule has 1 saturated heterocycles. The Kier molecular flexibility index (Phi) is 5.33. The topological polar surface area (TPSA) is 55.2 Å². The van der Waals surface area contributed by atoms with Crippen molar-refractivity contribution >= 4 is 10.0 Å². The quantitative estimate of drug-likeness (QED) is 0.657. The number of benzene rings is 2. The summed E-state index contributed by atoms with van der Waals surface area (Å²) in [7, 11) is -3.44. The van der Waals surface area contributed by atoms with Crippen LogP contribution in [0.4, 0.5) is 0 Å². The zero-order valence-corrected chi connectivity index (χ0v) is 16.8. The van der Waals surface area contributed by atoms with Crippen LogP contribution < -0.4 is 0 Å². The van der Waals surface area contributed by atoms with Crippen molar-refractivity contribution in [2.24, 2.45) is 5.92 Å². The highest BCUT2D eigenvalue weighted by molar-refractivity contribution is 7.89. The highest BCUT2D eigenvalue weighted by atomic mass is 32.2. The molecule has 0 saturated carbocycles. The second-order valence-electron chi connectivity index (χ2n) is 7.38. The molecule has 1 atom stereocenters. The first-order chi connectivity index (χ1) is 13.6. The zero-order valence-electron chi connectivity index (χ0n) is 16.0. The summed E-state index contributed by atoms with van der Waals surface area (Å²) in [6.07, 6.45) is 3.79. The van der Waals surface area contributed by atoms with Crippen LogP contribution in [0.5, 0.6) is 0 Å². The molecule has 3 aromatic rings. The zero-order chi connectivity index (χ0) is 19.6. The van der Waals surface area contributed by atoms with E-state index in [2.05, 4.69) is 28.6 Å². The van der Waals surface area contributed by atoms with Gasteiger partial charge in [-0.25, -0.2) is 13.4 Å². The fourth-order valence-corrected chi connectivity index (χ4v) is 5.48. The number of imidazole rings is 1. The van der Waals surface area contributed by atoms with Gasteiger partial charge in [-0.2, -0.15) is 4.31 Å². The summed E-state index contributed by atoms with van der Waals surface area (Å²) in [5.74, 6) is 1.21. The van der Waals surface area contributed by atoms with Crippen LogP contribution in [0.3, 0.4) is 0 Å². The lowest BCUT2D eigenvalue weighted by Gasteiger charge is -2.32. The molecule has 0 N–H and O–H groups in total. The van der Waals surface area contributed by atoms with Gasteiger partial charge < -0.3 is 4.57 Å². The summed E-state index contributed by atoms with van der Waals surface area (Å²) >= 11 is 0. The first kappa shape index (κ1) is 18.9. The number of hydrogen-bond acceptors (Lipinski definition) is 3. The van der Waals surface area contributed by atoms with Gasteiger partial charge in [0.15, 0.2) is 0 Å². The van der Waals surface area contributed by atoms with Gasteiger partial charge in [-0.1, -0.05) is 48.5 Å². The number of nitrogens with zero attached hydrogens (tertiary/aromatic N) is 3. The highest BCUT2D eigenvalue weighted by Crippen LogP contribution is 2.27. The number of aromatic nitrogens is 2. The summed E-state index contributed by atoms with van der Waals surface area (Å²) < 4.78 is 29.9. The molecule has 5 nitrogen and oxygen atoms in total. The summed E-state index contributed by atoms with van der Waals surface area (Å²) in [5.41, 5.74) is 2.18. The second-order valence-corrected chi connectivity index (χ2v) is 9.32. The Morgan fingerprint density at radius 1 is 1.04 bits per heavy atom. The van der Waals surface area contributed by atoms with Crippen LogP contribution in [0.15, 0.2) is 71.8 Å². The Bertz CT molecular complexity index is 1030. The van der Waals surface area contributed by atoms with Gasteiger partial charge in [-0.05, 0) is 37.8 Å². The van der Waals surface area contributed by atoms with Crippen molar-refractivity contribution in [1.29, 1.82) is 0 Å². The lowest BCUT2D eigenvalue weighted by Crippen LogP contribution is -2.41. The molecule has 1 fully saturated rings. The van der Waals surface area contributed by atoms with Crippen LogP contribution in [-0.2, 0) is 16.6 Å². The van der Waals surface area contributed by atoms with Crippen molar-refractivity contribution < 1.29 is 8.42 Å². The van der Waals surface area contributed by atoms with E-state index in [0.717, 1.165) is 36.5 Å². The third kappa shape index (κ3) is 3.75. The molecule has 2 heterocycles. The summed E-state index contributed by atoms with van der Waals surface area (Å²) in [5, 5.41) is 0. The lowest BCUT2D eigenvalue weighted by molar-refractivity contribution is 0.245. The molecule has 6 heteroatoms. The Hall–Kier alpha value is -2.44. The van der Waals surface area contributed by atoms with E-state index in [4.69, 9.17) is 0 Å². The Labute approximate surface area is 166 Å². The molecule has 146 valence electrons. The van der Waals surface area contributed by atoms with E-state index < -0.39 is 10.0 Å². The van der Waals surface area contributed by atoms with E-state index in [1.807, 2.05) is 30.5 Å². The van der Waals surface area contributed by atoms with E-state index in [0.29, 0.717) is 18.0 Å². The molecule has 28 heavy (non-hydrogen) atoms. The number of piperidine rings is 1. The third-order valence-electron chi connectivity index (χ3n) is 5.39. The number of rotatable bonds is 5. The van der Waals surface area contributed by atoms with Crippen LogP contribution >= 0.6 is 0 Å². The molecule has 2 aromatic carbocycles. The maximum Gasteiger partial charge on any atom is 0.243 e. The first-order valence-electron chi connectivity index (χ1n) is 9.68. The van der Waals surface area contributed by atoms with Crippen molar-refractivity contribution in [1.82, 2.24) is 13.9 Å². The van der Waals surface area contributed by atoms with E-state index >= 15 is 0 Å². The Balaban J connectivity index is 1.55. The van der Waals surface area contributed by atoms with Crippen molar-refractivity contribution in [3.63, 3.8) is 0 Å². The normalized spacial score (nSPS) is 18.2. The average Bonchev–Trinajstić information content (AvgIpc) is 3.10. The minimum Gasteiger partial charge on any atom is -0.328 e. The van der Waals surface area contributed by atoms with E-state index in [1.165, 1.54) is 0 Å². The average molecular weight is 396 g/mol. The van der Waals surface area contributed by atoms with Crippen LogP contribution in [0, 0.1) is 12.8 Å². The van der Waals surface area contributed by atoms with Gasteiger partial charge in [0.2, 0.25) is 10.0 Å².